The van der Waals surface area contributed by atoms with Gasteiger partial charge in [0, 0.05) is 5.02 Å². The summed E-state index contributed by atoms with van der Waals surface area (Å²) in [7, 11) is 0. The summed E-state index contributed by atoms with van der Waals surface area (Å²) in [6.45, 7) is 4.27. The Morgan fingerprint density at radius 1 is 1.53 bits per heavy atom. The molecule has 0 amide bonds. The molecule has 2 heteroatoms. The van der Waals surface area contributed by atoms with Gasteiger partial charge in [-0.25, -0.2) is 0 Å². The number of halogens is 1. The van der Waals surface area contributed by atoms with Crippen molar-refractivity contribution in [2.45, 2.75) is 39.5 Å². The topological polar surface area (TPSA) is 23.8 Å². The monoisotopic (exact) mass is 247 g/mol. The highest BCUT2D eigenvalue weighted by atomic mass is 35.5. The van der Waals surface area contributed by atoms with Crippen molar-refractivity contribution >= 4 is 11.6 Å². The van der Waals surface area contributed by atoms with Crippen molar-refractivity contribution in [1.29, 1.82) is 5.26 Å². The van der Waals surface area contributed by atoms with Crippen LogP contribution in [0.1, 0.15) is 37.3 Å². The summed E-state index contributed by atoms with van der Waals surface area (Å²) in [5.74, 6) is 0.666. The van der Waals surface area contributed by atoms with E-state index in [1.54, 1.807) is 0 Å². The summed E-state index contributed by atoms with van der Waals surface area (Å²) in [5.41, 5.74) is 2.11. The quantitative estimate of drug-likeness (QED) is 0.754. The molecule has 0 bridgehead atoms. The van der Waals surface area contributed by atoms with Crippen molar-refractivity contribution in [3.05, 3.63) is 34.3 Å². The Morgan fingerprint density at radius 3 is 2.82 bits per heavy atom. The van der Waals surface area contributed by atoms with Gasteiger partial charge in [0.25, 0.3) is 0 Å². The van der Waals surface area contributed by atoms with Crippen LogP contribution in [0.3, 0.4) is 0 Å². The van der Waals surface area contributed by atoms with E-state index >= 15 is 0 Å². The first kappa shape index (κ1) is 12.5. The average molecular weight is 248 g/mol. The first-order chi connectivity index (χ1) is 8.04. The van der Waals surface area contributed by atoms with E-state index < -0.39 is 0 Å². The molecule has 0 heterocycles. The lowest BCUT2D eigenvalue weighted by molar-refractivity contribution is 0.391. The highest BCUT2D eigenvalue weighted by Crippen LogP contribution is 2.44. The predicted molar refractivity (Wildman–Crippen MR) is 71.0 cm³/mol. The Balaban J connectivity index is 2.22. The molecule has 0 aromatic heterocycles. The molecule has 2 unspecified atom stereocenters. The molecule has 2 rings (SSSR count). The number of nitriles is 1. The SMILES string of the molecule is Cc1ccc(CC2(C#N)CCC(C)C2)c(Cl)c1. The molecule has 1 nitrogen and oxygen atoms in total. The molecule has 1 aromatic rings. The fourth-order valence-corrected chi connectivity index (χ4v) is 3.16. The Morgan fingerprint density at radius 2 is 2.29 bits per heavy atom. The van der Waals surface area contributed by atoms with E-state index in [1.807, 2.05) is 13.0 Å². The zero-order valence-corrected chi connectivity index (χ0v) is 11.2. The molecule has 0 radical (unpaired) electrons. The molecule has 17 heavy (non-hydrogen) atoms. The maximum absolute atomic E-state index is 9.45. The molecule has 1 aliphatic carbocycles. The molecule has 1 aliphatic rings. The van der Waals surface area contributed by atoms with Crippen molar-refractivity contribution in [2.75, 3.05) is 0 Å². The third-order valence-corrected chi connectivity index (χ3v) is 4.18. The summed E-state index contributed by atoms with van der Waals surface area (Å²) in [5, 5.41) is 10.3. The molecule has 1 fully saturated rings. The Bertz CT molecular complexity index is 460. The second kappa shape index (κ2) is 4.70. The Labute approximate surface area is 108 Å². The minimum absolute atomic E-state index is 0.182. The summed E-state index contributed by atoms with van der Waals surface area (Å²) in [6, 6.07) is 8.67. The van der Waals surface area contributed by atoms with Crippen LogP contribution in [0.25, 0.3) is 0 Å². The zero-order valence-electron chi connectivity index (χ0n) is 10.5. The third-order valence-electron chi connectivity index (χ3n) is 3.83. The van der Waals surface area contributed by atoms with E-state index in [0.29, 0.717) is 5.92 Å². The maximum Gasteiger partial charge on any atom is 0.0693 e. The average Bonchev–Trinajstić information content (AvgIpc) is 2.65. The molecule has 2 atom stereocenters. The molecule has 0 N–H and O–H groups in total. The number of aryl methyl sites for hydroxylation is 1. The minimum Gasteiger partial charge on any atom is -0.198 e. The van der Waals surface area contributed by atoms with Gasteiger partial charge in [-0.3, -0.25) is 0 Å². The Hall–Kier alpha value is -1.00. The third kappa shape index (κ3) is 2.64. The molecule has 90 valence electrons. The number of rotatable bonds is 2. The number of benzene rings is 1. The number of hydrogen-bond acceptors (Lipinski definition) is 1. The highest BCUT2D eigenvalue weighted by molar-refractivity contribution is 6.31. The van der Waals surface area contributed by atoms with E-state index in [9.17, 15) is 5.26 Å². The molecule has 1 aromatic carbocycles. The van der Waals surface area contributed by atoms with Crippen LogP contribution in [-0.4, -0.2) is 0 Å². The summed E-state index contributed by atoms with van der Waals surface area (Å²) >= 11 is 6.25. The molecular formula is C15H18ClN. The van der Waals surface area contributed by atoms with Gasteiger partial charge in [0.2, 0.25) is 0 Å². The van der Waals surface area contributed by atoms with Gasteiger partial charge in [0.1, 0.15) is 0 Å². The van der Waals surface area contributed by atoms with Gasteiger partial charge >= 0.3 is 0 Å². The fraction of sp³-hybridized carbons (Fsp3) is 0.533. The van der Waals surface area contributed by atoms with Crippen molar-refractivity contribution in [3.63, 3.8) is 0 Å². The lowest BCUT2D eigenvalue weighted by atomic mass is 9.81. The lowest BCUT2D eigenvalue weighted by Gasteiger charge is -2.21. The second-order valence-corrected chi connectivity index (χ2v) is 5.92. The van der Waals surface area contributed by atoms with Crippen molar-refractivity contribution in [1.82, 2.24) is 0 Å². The summed E-state index contributed by atoms with van der Waals surface area (Å²) in [4.78, 5) is 0. The van der Waals surface area contributed by atoms with Gasteiger partial charge in [-0.1, -0.05) is 30.7 Å². The molecule has 0 aliphatic heterocycles. The van der Waals surface area contributed by atoms with E-state index in [0.717, 1.165) is 36.3 Å². The normalized spacial score (nSPS) is 28.0. The van der Waals surface area contributed by atoms with Gasteiger partial charge < -0.3 is 0 Å². The largest absolute Gasteiger partial charge is 0.198 e. The van der Waals surface area contributed by atoms with Crippen LogP contribution in [0.15, 0.2) is 18.2 Å². The first-order valence-corrected chi connectivity index (χ1v) is 6.59. The van der Waals surface area contributed by atoms with Gasteiger partial charge in [0.05, 0.1) is 11.5 Å². The van der Waals surface area contributed by atoms with Gasteiger partial charge in [-0.05, 0) is 55.7 Å². The molecule has 1 saturated carbocycles. The summed E-state index contributed by atoms with van der Waals surface area (Å²) < 4.78 is 0. The smallest absolute Gasteiger partial charge is 0.0693 e. The van der Waals surface area contributed by atoms with Gasteiger partial charge in [-0.15, -0.1) is 0 Å². The van der Waals surface area contributed by atoms with Crippen molar-refractivity contribution in [3.8, 4) is 6.07 Å². The van der Waals surface area contributed by atoms with E-state index in [2.05, 4.69) is 25.1 Å². The fourth-order valence-electron chi connectivity index (χ4n) is 2.86. The number of hydrogen-bond donors (Lipinski definition) is 0. The van der Waals surface area contributed by atoms with Crippen molar-refractivity contribution < 1.29 is 0 Å². The van der Waals surface area contributed by atoms with Crippen LogP contribution in [-0.2, 0) is 6.42 Å². The van der Waals surface area contributed by atoms with Crippen LogP contribution in [0.2, 0.25) is 5.02 Å². The second-order valence-electron chi connectivity index (χ2n) is 5.51. The predicted octanol–water partition coefficient (Wildman–Crippen LogP) is 4.52. The zero-order chi connectivity index (χ0) is 12.5. The first-order valence-electron chi connectivity index (χ1n) is 6.21. The highest BCUT2D eigenvalue weighted by Gasteiger charge is 2.38. The van der Waals surface area contributed by atoms with Gasteiger partial charge in [-0.2, -0.15) is 5.26 Å². The number of nitrogens with zero attached hydrogens (tertiary/aromatic N) is 1. The van der Waals surface area contributed by atoms with Crippen LogP contribution in [0.4, 0.5) is 0 Å². The lowest BCUT2D eigenvalue weighted by Crippen LogP contribution is -2.18. The van der Waals surface area contributed by atoms with E-state index in [-0.39, 0.29) is 5.41 Å². The minimum atomic E-state index is -0.182. The molecule has 0 saturated heterocycles. The summed E-state index contributed by atoms with van der Waals surface area (Å²) in [6.07, 6.45) is 3.98. The van der Waals surface area contributed by atoms with E-state index in [1.165, 1.54) is 5.56 Å². The van der Waals surface area contributed by atoms with Gasteiger partial charge in [0.15, 0.2) is 0 Å². The van der Waals surface area contributed by atoms with Crippen LogP contribution in [0, 0.1) is 29.6 Å². The van der Waals surface area contributed by atoms with Crippen LogP contribution in [0.5, 0.6) is 0 Å². The Kier molecular flexibility index (Phi) is 3.45. The standard InChI is InChI=1S/C15H18ClN/c1-11-3-4-13(14(16)7-11)9-15(10-17)6-5-12(2)8-15/h3-4,7,12H,5-6,8-9H2,1-2H3. The van der Waals surface area contributed by atoms with Crippen LogP contribution < -0.4 is 0 Å². The molecule has 0 spiro atoms. The van der Waals surface area contributed by atoms with Crippen molar-refractivity contribution in [2.24, 2.45) is 11.3 Å². The van der Waals surface area contributed by atoms with Crippen LogP contribution >= 0.6 is 11.6 Å². The molecular weight excluding hydrogens is 230 g/mol. The maximum atomic E-state index is 9.45. The van der Waals surface area contributed by atoms with E-state index in [4.69, 9.17) is 11.6 Å².